The molecule has 0 aliphatic carbocycles. The molecule has 2 aromatic carbocycles. The fourth-order valence-electron chi connectivity index (χ4n) is 3.37. The third kappa shape index (κ3) is 5.05. The van der Waals surface area contributed by atoms with Crippen LogP contribution in [0.5, 0.6) is 5.75 Å². The lowest BCUT2D eigenvalue weighted by molar-refractivity contribution is -0.128. The zero-order valence-electron chi connectivity index (χ0n) is 15.4. The Morgan fingerprint density at radius 1 is 1.25 bits per heavy atom. The number of nitrogens with one attached hydrogen (secondary N) is 1. The van der Waals surface area contributed by atoms with Crippen LogP contribution in [0.25, 0.3) is 0 Å². The van der Waals surface area contributed by atoms with Crippen molar-refractivity contribution >= 4 is 23.2 Å². The summed E-state index contributed by atoms with van der Waals surface area (Å²) < 4.78 is 0. The minimum atomic E-state index is -0.297. The Labute approximate surface area is 169 Å². The number of nitrogens with zero attached hydrogens (tertiary/aromatic N) is 2. The van der Waals surface area contributed by atoms with Crippen LogP contribution in [0.3, 0.4) is 0 Å². The van der Waals surface area contributed by atoms with E-state index in [9.17, 15) is 15.2 Å². The minimum Gasteiger partial charge on any atom is -0.506 e. The molecule has 0 saturated carbocycles. The highest BCUT2D eigenvalue weighted by Gasteiger charge is 2.25. The van der Waals surface area contributed by atoms with Crippen LogP contribution in [-0.2, 0) is 11.2 Å². The zero-order chi connectivity index (χ0) is 19.9. The standard InChI is InChI=1S/C22H22ClN3O2/c23-19-6-7-21(27)20(13-19)25-15-18(14-24)22(28)26-10-8-17(9-11-26)12-16-4-2-1-3-5-16/h1-7,13,15,17,25,27H,8-12H2/b18-15-. The third-order valence-corrected chi connectivity index (χ3v) is 5.19. The second-order valence-corrected chi connectivity index (χ2v) is 7.34. The van der Waals surface area contributed by atoms with Gasteiger partial charge in [0.25, 0.3) is 5.91 Å². The van der Waals surface area contributed by atoms with Gasteiger partial charge in [0.1, 0.15) is 17.4 Å². The monoisotopic (exact) mass is 395 g/mol. The molecule has 0 aromatic heterocycles. The second-order valence-electron chi connectivity index (χ2n) is 6.90. The van der Waals surface area contributed by atoms with Crippen LogP contribution in [0, 0.1) is 17.2 Å². The van der Waals surface area contributed by atoms with E-state index in [1.165, 1.54) is 23.9 Å². The van der Waals surface area contributed by atoms with Crippen molar-refractivity contribution in [2.45, 2.75) is 19.3 Å². The molecule has 0 spiro atoms. The number of amides is 1. The van der Waals surface area contributed by atoms with Crippen molar-refractivity contribution in [2.24, 2.45) is 5.92 Å². The predicted molar refractivity (Wildman–Crippen MR) is 110 cm³/mol. The second kappa shape index (κ2) is 9.29. The van der Waals surface area contributed by atoms with E-state index >= 15 is 0 Å². The highest BCUT2D eigenvalue weighted by Crippen LogP contribution is 2.27. The normalized spacial score (nSPS) is 15.1. The van der Waals surface area contributed by atoms with E-state index in [0.717, 1.165) is 19.3 Å². The summed E-state index contributed by atoms with van der Waals surface area (Å²) in [6, 6.07) is 16.8. The summed E-state index contributed by atoms with van der Waals surface area (Å²) in [5.74, 6) is 0.240. The molecule has 28 heavy (non-hydrogen) atoms. The quantitative estimate of drug-likeness (QED) is 0.448. The van der Waals surface area contributed by atoms with Gasteiger partial charge >= 0.3 is 0 Å². The van der Waals surface area contributed by atoms with E-state index in [2.05, 4.69) is 17.4 Å². The van der Waals surface area contributed by atoms with Crippen molar-refractivity contribution in [3.05, 3.63) is 70.9 Å². The Morgan fingerprint density at radius 2 is 1.96 bits per heavy atom. The SMILES string of the molecule is N#C/C(=C/Nc1cc(Cl)ccc1O)C(=O)N1CCC(Cc2ccccc2)CC1. The number of halogens is 1. The number of carbonyl (C=O) groups is 1. The van der Waals surface area contributed by atoms with Crippen molar-refractivity contribution < 1.29 is 9.90 Å². The maximum Gasteiger partial charge on any atom is 0.266 e. The summed E-state index contributed by atoms with van der Waals surface area (Å²) in [7, 11) is 0. The van der Waals surface area contributed by atoms with Crippen LogP contribution in [0.1, 0.15) is 18.4 Å². The van der Waals surface area contributed by atoms with Crippen molar-refractivity contribution in [1.29, 1.82) is 5.26 Å². The molecule has 5 nitrogen and oxygen atoms in total. The molecule has 6 heteroatoms. The number of likely N-dealkylation sites (tertiary alicyclic amines) is 1. The Morgan fingerprint density at radius 3 is 2.64 bits per heavy atom. The highest BCUT2D eigenvalue weighted by molar-refractivity contribution is 6.30. The number of hydrogen-bond donors (Lipinski definition) is 2. The fourth-order valence-corrected chi connectivity index (χ4v) is 3.55. The smallest absolute Gasteiger partial charge is 0.266 e. The fraction of sp³-hybridized carbons (Fsp3) is 0.273. The predicted octanol–water partition coefficient (Wildman–Crippen LogP) is 4.35. The van der Waals surface area contributed by atoms with Crippen molar-refractivity contribution in [3.63, 3.8) is 0 Å². The summed E-state index contributed by atoms with van der Waals surface area (Å²) in [4.78, 5) is 14.4. The summed E-state index contributed by atoms with van der Waals surface area (Å²) in [6.07, 6.45) is 4.17. The van der Waals surface area contributed by atoms with E-state index in [-0.39, 0.29) is 17.2 Å². The lowest BCUT2D eigenvalue weighted by Crippen LogP contribution is -2.39. The zero-order valence-corrected chi connectivity index (χ0v) is 16.2. The molecule has 1 saturated heterocycles. The first-order valence-electron chi connectivity index (χ1n) is 9.25. The number of hydrogen-bond acceptors (Lipinski definition) is 4. The molecule has 1 aliphatic heterocycles. The number of phenols is 1. The average Bonchev–Trinajstić information content (AvgIpc) is 2.72. The van der Waals surface area contributed by atoms with E-state index < -0.39 is 0 Å². The molecule has 1 aliphatic rings. The first-order chi connectivity index (χ1) is 13.6. The summed E-state index contributed by atoms with van der Waals surface area (Å²) in [6.45, 7) is 1.27. The molecule has 0 unspecified atom stereocenters. The number of nitriles is 1. The molecule has 3 rings (SSSR count). The maximum atomic E-state index is 12.7. The molecule has 0 radical (unpaired) electrons. The van der Waals surface area contributed by atoms with E-state index in [0.29, 0.717) is 29.7 Å². The molecule has 0 atom stereocenters. The molecular weight excluding hydrogens is 374 g/mol. The van der Waals surface area contributed by atoms with Gasteiger partial charge in [0.15, 0.2) is 0 Å². The lowest BCUT2D eigenvalue weighted by atomic mass is 9.90. The Kier molecular flexibility index (Phi) is 6.57. The van der Waals surface area contributed by atoms with Gasteiger partial charge in [-0.1, -0.05) is 41.9 Å². The van der Waals surface area contributed by atoms with Gasteiger partial charge in [-0.3, -0.25) is 4.79 Å². The molecular formula is C22H22ClN3O2. The van der Waals surface area contributed by atoms with Gasteiger partial charge in [-0.05, 0) is 48.9 Å². The van der Waals surface area contributed by atoms with Crippen molar-refractivity contribution in [2.75, 3.05) is 18.4 Å². The van der Waals surface area contributed by atoms with Crippen LogP contribution in [-0.4, -0.2) is 29.0 Å². The Bertz CT molecular complexity index is 898. The first kappa shape index (κ1) is 19.8. The van der Waals surface area contributed by atoms with Crippen LogP contribution >= 0.6 is 11.6 Å². The van der Waals surface area contributed by atoms with Gasteiger partial charge in [0.05, 0.1) is 5.69 Å². The lowest BCUT2D eigenvalue weighted by Gasteiger charge is -2.32. The largest absolute Gasteiger partial charge is 0.506 e. The molecule has 1 fully saturated rings. The van der Waals surface area contributed by atoms with Crippen LogP contribution < -0.4 is 5.32 Å². The number of anilines is 1. The number of piperidine rings is 1. The van der Waals surface area contributed by atoms with E-state index in [1.807, 2.05) is 24.3 Å². The van der Waals surface area contributed by atoms with Gasteiger partial charge in [0, 0.05) is 24.3 Å². The van der Waals surface area contributed by atoms with Crippen LogP contribution in [0.15, 0.2) is 60.3 Å². The average molecular weight is 396 g/mol. The minimum absolute atomic E-state index is 0.000819. The van der Waals surface area contributed by atoms with Gasteiger partial charge in [0.2, 0.25) is 0 Å². The Hall–Kier alpha value is -2.97. The summed E-state index contributed by atoms with van der Waals surface area (Å²) >= 11 is 5.91. The van der Waals surface area contributed by atoms with Crippen LogP contribution in [0.4, 0.5) is 5.69 Å². The maximum absolute atomic E-state index is 12.7. The van der Waals surface area contributed by atoms with Crippen LogP contribution in [0.2, 0.25) is 5.02 Å². The third-order valence-electron chi connectivity index (χ3n) is 4.95. The molecule has 2 N–H and O–H groups in total. The molecule has 144 valence electrons. The molecule has 1 heterocycles. The number of rotatable bonds is 5. The van der Waals surface area contributed by atoms with E-state index in [4.69, 9.17) is 11.6 Å². The van der Waals surface area contributed by atoms with Gasteiger partial charge < -0.3 is 15.3 Å². The van der Waals surface area contributed by atoms with Gasteiger partial charge in [-0.15, -0.1) is 0 Å². The molecule has 1 amide bonds. The van der Waals surface area contributed by atoms with Crippen molar-refractivity contribution in [3.8, 4) is 11.8 Å². The van der Waals surface area contributed by atoms with E-state index in [1.54, 1.807) is 11.0 Å². The van der Waals surface area contributed by atoms with Gasteiger partial charge in [-0.2, -0.15) is 5.26 Å². The number of benzene rings is 2. The number of carbonyl (C=O) groups excluding carboxylic acids is 1. The van der Waals surface area contributed by atoms with Gasteiger partial charge in [-0.25, -0.2) is 0 Å². The molecule has 0 bridgehead atoms. The topological polar surface area (TPSA) is 76.4 Å². The first-order valence-corrected chi connectivity index (χ1v) is 9.63. The number of phenolic OH excluding ortho intramolecular Hbond substituents is 1. The molecule has 2 aromatic rings. The highest BCUT2D eigenvalue weighted by atomic mass is 35.5. The summed E-state index contributed by atoms with van der Waals surface area (Å²) in [5, 5.41) is 22.5. The Balaban J connectivity index is 1.58. The number of aromatic hydroxyl groups is 1. The summed E-state index contributed by atoms with van der Waals surface area (Å²) in [5.41, 5.74) is 1.66. The van der Waals surface area contributed by atoms with Crippen molar-refractivity contribution in [1.82, 2.24) is 4.90 Å².